The second kappa shape index (κ2) is 16.4. The molecule has 94 valence electrons. The molecule has 0 heterocycles. The second-order valence-corrected chi connectivity index (χ2v) is 4.17. The summed E-state index contributed by atoms with van der Waals surface area (Å²) in [6.07, 6.45) is 14.0. The van der Waals surface area contributed by atoms with E-state index in [4.69, 9.17) is 4.74 Å². The predicted molar refractivity (Wildman–Crippen MR) is 68.7 cm³/mol. The molecule has 0 aromatic rings. The molecule has 2 nitrogen and oxygen atoms in total. The highest BCUT2D eigenvalue weighted by Gasteiger charge is 1.91. The molecule has 0 bridgehead atoms. The summed E-state index contributed by atoms with van der Waals surface area (Å²) < 4.78 is 5.01. The largest absolute Gasteiger partial charge is 0.385 e. The lowest BCUT2D eigenvalue weighted by Crippen LogP contribution is -1.88. The molecule has 0 aliphatic heterocycles. The predicted octanol–water partition coefficient (Wildman–Crippen LogP) is 4.72. The lowest BCUT2D eigenvalue weighted by atomic mass is 10.1. The smallest absolute Gasteiger partial charge is 0.0462 e. The molecule has 0 aromatic heterocycles. The van der Waals surface area contributed by atoms with Gasteiger partial charge in [0.15, 0.2) is 0 Å². The van der Waals surface area contributed by atoms with E-state index in [9.17, 15) is 0 Å². The van der Waals surface area contributed by atoms with Crippen molar-refractivity contribution >= 4 is 0 Å². The van der Waals surface area contributed by atoms with Crippen LogP contribution in [0.1, 0.15) is 71.1 Å². The van der Waals surface area contributed by atoms with Gasteiger partial charge in [0, 0.05) is 13.7 Å². The van der Waals surface area contributed by atoms with Gasteiger partial charge in [-0.25, -0.2) is 0 Å². The highest BCUT2D eigenvalue weighted by Crippen LogP contribution is 2.10. The van der Waals surface area contributed by atoms with Crippen LogP contribution in [0.4, 0.5) is 0 Å². The van der Waals surface area contributed by atoms with Gasteiger partial charge in [-0.05, 0) is 6.42 Å². The monoisotopic (exact) mass is 217 g/mol. The molecule has 0 spiro atoms. The zero-order valence-corrected chi connectivity index (χ0v) is 10.9. The van der Waals surface area contributed by atoms with Crippen molar-refractivity contribution < 1.29 is 4.74 Å². The first-order chi connectivity index (χ1) is 6.91. The van der Waals surface area contributed by atoms with E-state index in [1.165, 1.54) is 64.2 Å². The Hall–Kier alpha value is -0.0800. The standard InChI is InChI=1S/C13H28O.H3N/c1-3-4-5-6-7-8-9-10-11-12-13-14-2;/h3-13H2,1-2H3;1H3. The molecule has 0 radical (unpaired) electrons. The number of hydrogen-bond donors (Lipinski definition) is 1. The molecular weight excluding hydrogens is 186 g/mol. The molecule has 0 amide bonds. The van der Waals surface area contributed by atoms with Crippen molar-refractivity contribution in [2.45, 2.75) is 71.1 Å². The van der Waals surface area contributed by atoms with E-state index in [-0.39, 0.29) is 6.15 Å². The SMILES string of the molecule is CCCCCCCCCCCCOC.N. The normalized spacial score (nSPS) is 10.0. The highest BCUT2D eigenvalue weighted by molar-refractivity contribution is 4.46. The van der Waals surface area contributed by atoms with Gasteiger partial charge in [-0.3, -0.25) is 0 Å². The molecule has 3 N–H and O–H groups in total. The Balaban J connectivity index is 0. The lowest BCUT2D eigenvalue weighted by Gasteiger charge is -2.01. The molecule has 0 aliphatic rings. The Morgan fingerprint density at radius 1 is 0.667 bits per heavy atom. The Morgan fingerprint density at radius 3 is 1.47 bits per heavy atom. The summed E-state index contributed by atoms with van der Waals surface area (Å²) in [7, 11) is 1.79. The van der Waals surface area contributed by atoms with E-state index < -0.39 is 0 Å². The molecule has 0 rings (SSSR count). The highest BCUT2D eigenvalue weighted by atomic mass is 16.5. The first kappa shape index (κ1) is 17.3. The topological polar surface area (TPSA) is 44.2 Å². The van der Waals surface area contributed by atoms with E-state index >= 15 is 0 Å². The second-order valence-electron chi connectivity index (χ2n) is 4.17. The Bertz CT molecular complexity index is 84.5. The van der Waals surface area contributed by atoms with E-state index in [1.807, 2.05) is 0 Å². The molecule has 0 aromatic carbocycles. The van der Waals surface area contributed by atoms with Gasteiger partial charge in [0.1, 0.15) is 0 Å². The third-order valence-corrected chi connectivity index (χ3v) is 2.70. The molecule has 15 heavy (non-hydrogen) atoms. The van der Waals surface area contributed by atoms with Crippen LogP contribution in [-0.2, 0) is 4.74 Å². The summed E-state index contributed by atoms with van der Waals surface area (Å²) in [4.78, 5) is 0. The van der Waals surface area contributed by atoms with Crippen LogP contribution >= 0.6 is 0 Å². The minimum Gasteiger partial charge on any atom is -0.385 e. The summed E-state index contributed by atoms with van der Waals surface area (Å²) in [5, 5.41) is 0. The van der Waals surface area contributed by atoms with E-state index in [0.717, 1.165) is 6.61 Å². The molecule has 2 heteroatoms. The number of ether oxygens (including phenoxy) is 1. The van der Waals surface area contributed by atoms with Crippen molar-refractivity contribution in [3.63, 3.8) is 0 Å². The van der Waals surface area contributed by atoms with Crippen molar-refractivity contribution in [3.8, 4) is 0 Å². The molecule has 0 saturated heterocycles. The minimum absolute atomic E-state index is 0. The number of hydrogen-bond acceptors (Lipinski definition) is 2. The van der Waals surface area contributed by atoms with Gasteiger partial charge in [0.05, 0.1) is 0 Å². The maximum atomic E-state index is 5.01. The summed E-state index contributed by atoms with van der Waals surface area (Å²) >= 11 is 0. The third kappa shape index (κ3) is 16.6. The van der Waals surface area contributed by atoms with E-state index in [0.29, 0.717) is 0 Å². The van der Waals surface area contributed by atoms with Gasteiger partial charge in [-0.15, -0.1) is 0 Å². The van der Waals surface area contributed by atoms with Crippen LogP contribution in [0.3, 0.4) is 0 Å². The van der Waals surface area contributed by atoms with E-state index in [1.54, 1.807) is 7.11 Å². The van der Waals surface area contributed by atoms with Crippen LogP contribution in [0.15, 0.2) is 0 Å². The van der Waals surface area contributed by atoms with Crippen molar-refractivity contribution in [3.05, 3.63) is 0 Å². The fourth-order valence-corrected chi connectivity index (χ4v) is 1.73. The summed E-state index contributed by atoms with van der Waals surface area (Å²) in [5.74, 6) is 0. The molecule has 0 aliphatic carbocycles. The third-order valence-electron chi connectivity index (χ3n) is 2.70. The van der Waals surface area contributed by atoms with Crippen LogP contribution in [0.25, 0.3) is 0 Å². The van der Waals surface area contributed by atoms with Gasteiger partial charge in [-0.2, -0.15) is 0 Å². The summed E-state index contributed by atoms with van der Waals surface area (Å²) in [6.45, 7) is 3.21. The van der Waals surface area contributed by atoms with Crippen LogP contribution in [0.5, 0.6) is 0 Å². The summed E-state index contributed by atoms with van der Waals surface area (Å²) in [6, 6.07) is 0. The maximum Gasteiger partial charge on any atom is 0.0462 e. The average molecular weight is 217 g/mol. The van der Waals surface area contributed by atoms with Gasteiger partial charge < -0.3 is 10.9 Å². The van der Waals surface area contributed by atoms with Gasteiger partial charge in [0.25, 0.3) is 0 Å². The number of methoxy groups -OCH3 is 1. The van der Waals surface area contributed by atoms with Crippen molar-refractivity contribution in [1.29, 1.82) is 0 Å². The zero-order valence-electron chi connectivity index (χ0n) is 10.9. The maximum absolute atomic E-state index is 5.01. The molecule has 0 atom stereocenters. The molecule has 0 fully saturated rings. The number of unbranched alkanes of at least 4 members (excludes halogenated alkanes) is 9. The Kier molecular flexibility index (Phi) is 18.9. The van der Waals surface area contributed by atoms with Gasteiger partial charge in [-0.1, -0.05) is 64.7 Å². The Labute approximate surface area is 96.4 Å². The van der Waals surface area contributed by atoms with Crippen molar-refractivity contribution in [2.24, 2.45) is 0 Å². The van der Waals surface area contributed by atoms with Crippen LogP contribution < -0.4 is 6.15 Å². The quantitative estimate of drug-likeness (QED) is 0.509. The average Bonchev–Trinajstić information content (AvgIpc) is 2.21. The Morgan fingerprint density at radius 2 is 1.07 bits per heavy atom. The molecular formula is C13H31NO. The van der Waals surface area contributed by atoms with Crippen LogP contribution in [0, 0.1) is 0 Å². The minimum atomic E-state index is 0. The summed E-state index contributed by atoms with van der Waals surface area (Å²) in [5.41, 5.74) is 0. The fraction of sp³-hybridized carbons (Fsp3) is 1.00. The first-order valence-corrected chi connectivity index (χ1v) is 6.40. The van der Waals surface area contributed by atoms with Crippen molar-refractivity contribution in [2.75, 3.05) is 13.7 Å². The van der Waals surface area contributed by atoms with Gasteiger partial charge in [0.2, 0.25) is 0 Å². The van der Waals surface area contributed by atoms with Crippen LogP contribution in [-0.4, -0.2) is 13.7 Å². The van der Waals surface area contributed by atoms with Gasteiger partial charge >= 0.3 is 0 Å². The fourth-order valence-electron chi connectivity index (χ4n) is 1.73. The van der Waals surface area contributed by atoms with E-state index in [2.05, 4.69) is 6.92 Å². The molecule has 0 saturated carbocycles. The van der Waals surface area contributed by atoms with Crippen LogP contribution in [0.2, 0.25) is 0 Å². The lowest BCUT2D eigenvalue weighted by molar-refractivity contribution is 0.192. The molecule has 0 unspecified atom stereocenters. The first-order valence-electron chi connectivity index (χ1n) is 6.40. The van der Waals surface area contributed by atoms with Crippen molar-refractivity contribution in [1.82, 2.24) is 6.15 Å². The zero-order chi connectivity index (χ0) is 10.5. The number of rotatable bonds is 11.